The summed E-state index contributed by atoms with van der Waals surface area (Å²) in [6.45, 7) is 7.61. The lowest BCUT2D eigenvalue weighted by Crippen LogP contribution is -2.32. The average molecular weight is 224 g/mol. The van der Waals surface area contributed by atoms with Crippen molar-refractivity contribution in [2.75, 3.05) is 26.2 Å². The zero-order valence-corrected chi connectivity index (χ0v) is 10.2. The third-order valence-electron chi connectivity index (χ3n) is 2.68. The fourth-order valence-electron chi connectivity index (χ4n) is 1.79. The maximum absolute atomic E-state index is 12.0. The number of nitrogens with zero attached hydrogens (tertiary/aromatic N) is 1. The van der Waals surface area contributed by atoms with Gasteiger partial charge >= 0.3 is 0 Å². The van der Waals surface area contributed by atoms with Crippen LogP contribution in [0.1, 0.15) is 28.7 Å². The largest absolute Gasteiger partial charge is 0.395 e. The minimum absolute atomic E-state index is 0.0896. The summed E-state index contributed by atoms with van der Waals surface area (Å²) in [4.78, 5) is 17.0. The van der Waals surface area contributed by atoms with E-state index in [0.29, 0.717) is 13.1 Å². The van der Waals surface area contributed by atoms with E-state index in [0.717, 1.165) is 23.5 Å². The molecule has 1 aromatic rings. The highest BCUT2D eigenvalue weighted by Crippen LogP contribution is 2.10. The molecule has 90 valence electrons. The molecule has 0 saturated heterocycles. The number of carbonyl (C=O) groups is 1. The Morgan fingerprint density at radius 2 is 2.19 bits per heavy atom. The Kier molecular flexibility index (Phi) is 4.71. The Morgan fingerprint density at radius 3 is 2.62 bits per heavy atom. The van der Waals surface area contributed by atoms with Crippen LogP contribution in [0.3, 0.4) is 0 Å². The van der Waals surface area contributed by atoms with Gasteiger partial charge in [-0.2, -0.15) is 0 Å². The van der Waals surface area contributed by atoms with Crippen LogP contribution in [0.15, 0.2) is 6.07 Å². The number of H-pyrrole nitrogens is 1. The Morgan fingerprint density at radius 1 is 1.50 bits per heavy atom. The number of Topliss-reactive ketones (excluding diaryl/α,β-unsaturated/α-hetero) is 1. The number of rotatable bonds is 6. The van der Waals surface area contributed by atoms with Crippen LogP contribution in [-0.4, -0.2) is 47.0 Å². The van der Waals surface area contributed by atoms with E-state index in [1.807, 2.05) is 31.7 Å². The lowest BCUT2D eigenvalue weighted by molar-refractivity contribution is 0.0919. The number of aromatic nitrogens is 1. The van der Waals surface area contributed by atoms with Gasteiger partial charge in [-0.3, -0.25) is 9.69 Å². The van der Waals surface area contributed by atoms with Crippen LogP contribution < -0.4 is 0 Å². The number of aliphatic hydroxyl groups is 1. The normalized spacial score (nSPS) is 11.1. The molecule has 4 heteroatoms. The van der Waals surface area contributed by atoms with Crippen LogP contribution in [0, 0.1) is 13.8 Å². The molecule has 0 fully saturated rings. The van der Waals surface area contributed by atoms with Gasteiger partial charge in [-0.1, -0.05) is 6.92 Å². The first kappa shape index (κ1) is 12.9. The van der Waals surface area contributed by atoms with Gasteiger partial charge < -0.3 is 10.1 Å². The van der Waals surface area contributed by atoms with Gasteiger partial charge in [-0.25, -0.2) is 0 Å². The van der Waals surface area contributed by atoms with Gasteiger partial charge in [0.15, 0.2) is 5.78 Å². The van der Waals surface area contributed by atoms with Crippen molar-refractivity contribution in [3.63, 3.8) is 0 Å². The van der Waals surface area contributed by atoms with E-state index in [-0.39, 0.29) is 12.4 Å². The highest BCUT2D eigenvalue weighted by Gasteiger charge is 2.14. The molecule has 0 amide bonds. The molecular formula is C12H20N2O2. The smallest absolute Gasteiger partial charge is 0.178 e. The number of hydrogen-bond acceptors (Lipinski definition) is 3. The van der Waals surface area contributed by atoms with Crippen LogP contribution in [0.25, 0.3) is 0 Å². The van der Waals surface area contributed by atoms with Crippen molar-refractivity contribution in [3.8, 4) is 0 Å². The fourth-order valence-corrected chi connectivity index (χ4v) is 1.79. The lowest BCUT2D eigenvalue weighted by atomic mass is 10.1. The number of aryl methyl sites for hydroxylation is 2. The summed E-state index contributed by atoms with van der Waals surface area (Å²) >= 11 is 0. The van der Waals surface area contributed by atoms with E-state index < -0.39 is 0 Å². The Bertz CT molecular complexity index is 358. The molecule has 16 heavy (non-hydrogen) atoms. The maximum atomic E-state index is 12.0. The first-order valence-corrected chi connectivity index (χ1v) is 5.61. The molecule has 0 unspecified atom stereocenters. The van der Waals surface area contributed by atoms with Crippen molar-refractivity contribution in [2.24, 2.45) is 0 Å². The van der Waals surface area contributed by atoms with Crippen molar-refractivity contribution in [2.45, 2.75) is 20.8 Å². The summed E-state index contributed by atoms with van der Waals surface area (Å²) < 4.78 is 0. The summed E-state index contributed by atoms with van der Waals surface area (Å²) in [5, 5.41) is 8.85. The number of carbonyl (C=O) groups excluding carboxylic acids is 1. The Balaban J connectivity index is 2.67. The minimum atomic E-state index is 0.0896. The molecule has 0 spiro atoms. The number of likely N-dealkylation sites (N-methyl/N-ethyl adjacent to an activating group) is 1. The topological polar surface area (TPSA) is 56.3 Å². The number of ketones is 1. The third kappa shape index (κ3) is 3.18. The predicted molar refractivity (Wildman–Crippen MR) is 63.8 cm³/mol. The van der Waals surface area contributed by atoms with Crippen molar-refractivity contribution >= 4 is 5.78 Å². The fraction of sp³-hybridized carbons (Fsp3) is 0.583. The second-order valence-corrected chi connectivity index (χ2v) is 4.01. The van der Waals surface area contributed by atoms with E-state index in [1.54, 1.807) is 0 Å². The molecule has 2 N–H and O–H groups in total. The zero-order valence-electron chi connectivity index (χ0n) is 10.2. The number of aliphatic hydroxyl groups excluding tert-OH is 1. The van der Waals surface area contributed by atoms with Gasteiger partial charge in [0.25, 0.3) is 0 Å². The first-order chi connectivity index (χ1) is 7.58. The second kappa shape index (κ2) is 5.82. The second-order valence-electron chi connectivity index (χ2n) is 4.01. The zero-order chi connectivity index (χ0) is 12.1. The molecule has 0 aromatic carbocycles. The highest BCUT2D eigenvalue weighted by atomic mass is 16.3. The van der Waals surface area contributed by atoms with Crippen LogP contribution in [0.2, 0.25) is 0 Å². The predicted octanol–water partition coefficient (Wildman–Crippen LogP) is 1.13. The summed E-state index contributed by atoms with van der Waals surface area (Å²) in [5.74, 6) is 0.108. The lowest BCUT2D eigenvalue weighted by Gasteiger charge is -2.17. The van der Waals surface area contributed by atoms with Crippen LogP contribution >= 0.6 is 0 Å². The summed E-state index contributed by atoms with van der Waals surface area (Å²) in [7, 11) is 0. The van der Waals surface area contributed by atoms with Gasteiger partial charge in [0.05, 0.1) is 13.2 Å². The minimum Gasteiger partial charge on any atom is -0.395 e. The molecule has 1 heterocycles. The van der Waals surface area contributed by atoms with Crippen molar-refractivity contribution in [1.82, 2.24) is 9.88 Å². The number of hydrogen-bond donors (Lipinski definition) is 2. The molecule has 0 aliphatic rings. The van der Waals surface area contributed by atoms with E-state index in [1.165, 1.54) is 0 Å². The molecule has 4 nitrogen and oxygen atoms in total. The number of aromatic amines is 1. The Labute approximate surface area is 96.3 Å². The monoisotopic (exact) mass is 224 g/mol. The van der Waals surface area contributed by atoms with Gasteiger partial charge in [0, 0.05) is 23.5 Å². The summed E-state index contributed by atoms with van der Waals surface area (Å²) in [6, 6.07) is 1.88. The average Bonchev–Trinajstić information content (AvgIpc) is 2.57. The SMILES string of the molecule is CCN(CCO)CC(=O)c1cc(C)[nH]c1C. The van der Waals surface area contributed by atoms with Crippen molar-refractivity contribution in [3.05, 3.63) is 23.0 Å². The third-order valence-corrected chi connectivity index (χ3v) is 2.68. The van der Waals surface area contributed by atoms with Gasteiger partial charge in [-0.05, 0) is 26.5 Å². The molecule has 0 atom stereocenters. The van der Waals surface area contributed by atoms with Gasteiger partial charge in [0.1, 0.15) is 0 Å². The summed E-state index contributed by atoms with van der Waals surface area (Å²) in [6.07, 6.45) is 0. The molecule has 1 rings (SSSR count). The molecule has 0 saturated carbocycles. The highest BCUT2D eigenvalue weighted by molar-refractivity contribution is 5.98. The van der Waals surface area contributed by atoms with Crippen molar-refractivity contribution < 1.29 is 9.90 Å². The standard InChI is InChI=1S/C12H20N2O2/c1-4-14(5-6-15)8-12(16)11-7-9(2)13-10(11)3/h7,13,15H,4-6,8H2,1-3H3. The molecule has 0 aliphatic carbocycles. The maximum Gasteiger partial charge on any atom is 0.178 e. The van der Waals surface area contributed by atoms with E-state index in [9.17, 15) is 4.79 Å². The van der Waals surface area contributed by atoms with Gasteiger partial charge in [-0.15, -0.1) is 0 Å². The molecule has 0 aliphatic heterocycles. The van der Waals surface area contributed by atoms with Crippen LogP contribution in [0.5, 0.6) is 0 Å². The number of nitrogens with one attached hydrogen (secondary N) is 1. The van der Waals surface area contributed by atoms with E-state index in [4.69, 9.17) is 5.11 Å². The quantitative estimate of drug-likeness (QED) is 0.712. The molecule has 1 aromatic heterocycles. The van der Waals surface area contributed by atoms with Crippen molar-refractivity contribution in [1.29, 1.82) is 0 Å². The Hall–Kier alpha value is -1.13. The molecule has 0 radical (unpaired) electrons. The van der Waals surface area contributed by atoms with E-state index >= 15 is 0 Å². The molecule has 0 bridgehead atoms. The van der Waals surface area contributed by atoms with E-state index in [2.05, 4.69) is 4.98 Å². The van der Waals surface area contributed by atoms with Crippen LogP contribution in [-0.2, 0) is 0 Å². The summed E-state index contributed by atoms with van der Waals surface area (Å²) in [5.41, 5.74) is 2.68. The van der Waals surface area contributed by atoms with Crippen LogP contribution in [0.4, 0.5) is 0 Å². The molecular weight excluding hydrogens is 204 g/mol. The first-order valence-electron chi connectivity index (χ1n) is 5.61. The van der Waals surface area contributed by atoms with Gasteiger partial charge in [0.2, 0.25) is 0 Å².